The molecule has 1 aromatic carbocycles. The molecule has 0 fully saturated rings. The van der Waals surface area contributed by atoms with Gasteiger partial charge in [-0.25, -0.2) is 4.98 Å². The van der Waals surface area contributed by atoms with Crippen molar-refractivity contribution < 1.29 is 4.79 Å². The second-order valence-electron chi connectivity index (χ2n) is 4.99. The number of halogens is 1. The maximum Gasteiger partial charge on any atom is 0.243 e. The Morgan fingerprint density at radius 3 is 2.91 bits per heavy atom. The number of benzene rings is 1. The molecule has 0 unspecified atom stereocenters. The third kappa shape index (κ3) is 5.73. The fraction of sp³-hybridized carbons (Fsp3) is 0.294. The van der Waals surface area contributed by atoms with Crippen LogP contribution in [0.5, 0.6) is 0 Å². The number of nitrogens with one attached hydrogen (secondary N) is 1. The molecular weight excluding hydrogens is 360 g/mol. The number of rotatable bonds is 7. The molecular formula is C17H19BrN2OS. The smallest absolute Gasteiger partial charge is 0.243 e. The van der Waals surface area contributed by atoms with Gasteiger partial charge in [0.25, 0.3) is 0 Å². The van der Waals surface area contributed by atoms with Gasteiger partial charge < -0.3 is 5.32 Å². The molecule has 0 saturated heterocycles. The van der Waals surface area contributed by atoms with Gasteiger partial charge in [0, 0.05) is 28.2 Å². The number of carbonyl (C=O) groups excluding carboxylic acids is 1. The van der Waals surface area contributed by atoms with E-state index in [1.807, 2.05) is 37.3 Å². The predicted molar refractivity (Wildman–Crippen MR) is 96.0 cm³/mol. The van der Waals surface area contributed by atoms with Gasteiger partial charge in [-0.15, -0.1) is 11.3 Å². The Hall–Kier alpha value is -1.46. The normalized spacial score (nSPS) is 11.0. The average molecular weight is 379 g/mol. The van der Waals surface area contributed by atoms with Gasteiger partial charge in [0.15, 0.2) is 0 Å². The first-order chi connectivity index (χ1) is 10.6. The van der Waals surface area contributed by atoms with Gasteiger partial charge in [0.05, 0.1) is 5.01 Å². The second kappa shape index (κ2) is 8.86. The summed E-state index contributed by atoms with van der Waals surface area (Å²) in [5.41, 5.74) is 2.09. The quantitative estimate of drug-likeness (QED) is 0.574. The topological polar surface area (TPSA) is 42.0 Å². The molecule has 1 amide bonds. The molecule has 0 atom stereocenters. The van der Waals surface area contributed by atoms with Gasteiger partial charge in [0.2, 0.25) is 5.91 Å². The lowest BCUT2D eigenvalue weighted by atomic mass is 10.2. The predicted octanol–water partition coefficient (Wildman–Crippen LogP) is 4.37. The van der Waals surface area contributed by atoms with Crippen molar-refractivity contribution in [3.63, 3.8) is 0 Å². The van der Waals surface area contributed by atoms with Gasteiger partial charge in [-0.3, -0.25) is 4.79 Å². The van der Waals surface area contributed by atoms with Gasteiger partial charge >= 0.3 is 0 Å². The Bertz CT molecular complexity index is 652. The van der Waals surface area contributed by atoms with Crippen LogP contribution in [-0.4, -0.2) is 17.4 Å². The van der Waals surface area contributed by atoms with Gasteiger partial charge in [-0.05, 0) is 43.9 Å². The molecule has 3 nitrogen and oxygen atoms in total. The van der Waals surface area contributed by atoms with Crippen molar-refractivity contribution in [2.45, 2.75) is 26.2 Å². The highest BCUT2D eigenvalue weighted by molar-refractivity contribution is 9.10. The van der Waals surface area contributed by atoms with E-state index < -0.39 is 0 Å². The van der Waals surface area contributed by atoms with Crippen LogP contribution in [-0.2, 0) is 11.2 Å². The molecule has 2 aromatic rings. The summed E-state index contributed by atoms with van der Waals surface area (Å²) >= 11 is 5.16. The summed E-state index contributed by atoms with van der Waals surface area (Å²) in [5, 5.41) is 6.16. The van der Waals surface area contributed by atoms with E-state index in [9.17, 15) is 4.79 Å². The summed E-state index contributed by atoms with van der Waals surface area (Å²) in [5.74, 6) is -0.0548. The van der Waals surface area contributed by atoms with Crippen LogP contribution in [0.4, 0.5) is 0 Å². The molecule has 0 spiro atoms. The highest BCUT2D eigenvalue weighted by Crippen LogP contribution is 2.17. The number of amides is 1. The van der Waals surface area contributed by atoms with Crippen LogP contribution in [0, 0.1) is 6.92 Å². The monoisotopic (exact) mass is 378 g/mol. The molecule has 5 heteroatoms. The van der Waals surface area contributed by atoms with Crippen molar-refractivity contribution in [2.75, 3.05) is 6.54 Å². The van der Waals surface area contributed by atoms with Crippen LogP contribution >= 0.6 is 27.3 Å². The number of carbonyl (C=O) groups is 1. The molecule has 0 aliphatic rings. The summed E-state index contributed by atoms with van der Waals surface area (Å²) in [6.07, 6.45) is 6.39. The fourth-order valence-corrected chi connectivity index (χ4v) is 3.20. The van der Waals surface area contributed by atoms with E-state index in [1.54, 1.807) is 17.4 Å². The molecule has 116 valence electrons. The minimum absolute atomic E-state index is 0.0548. The van der Waals surface area contributed by atoms with Crippen LogP contribution < -0.4 is 5.32 Å². The number of thiazole rings is 1. The maximum atomic E-state index is 11.7. The van der Waals surface area contributed by atoms with Crippen LogP contribution in [0.25, 0.3) is 6.08 Å². The van der Waals surface area contributed by atoms with Crippen molar-refractivity contribution in [2.24, 2.45) is 0 Å². The zero-order chi connectivity index (χ0) is 15.8. The summed E-state index contributed by atoms with van der Waals surface area (Å²) in [7, 11) is 0. The minimum atomic E-state index is -0.0548. The lowest BCUT2D eigenvalue weighted by Crippen LogP contribution is -2.22. The van der Waals surface area contributed by atoms with E-state index in [1.165, 1.54) is 5.01 Å². The first kappa shape index (κ1) is 16.9. The van der Waals surface area contributed by atoms with Crippen molar-refractivity contribution in [1.29, 1.82) is 0 Å². The number of aryl methyl sites for hydroxylation is 2. The molecule has 1 N–H and O–H groups in total. The standard InChI is InChI=1S/C17H19BrN2OS/c1-13-12-22-17(20-13)8-4-5-11-19-16(21)10-9-14-6-2-3-7-15(14)18/h2-3,6-7,9-10,12H,4-5,8,11H2,1H3,(H,19,21)/b10-9+. The first-order valence-electron chi connectivity index (χ1n) is 7.26. The third-order valence-corrected chi connectivity index (χ3v) is 4.85. The lowest BCUT2D eigenvalue weighted by molar-refractivity contribution is -0.116. The van der Waals surface area contributed by atoms with E-state index >= 15 is 0 Å². The van der Waals surface area contributed by atoms with Crippen LogP contribution in [0.3, 0.4) is 0 Å². The molecule has 1 aromatic heterocycles. The van der Waals surface area contributed by atoms with E-state index in [0.29, 0.717) is 6.54 Å². The Morgan fingerprint density at radius 2 is 2.18 bits per heavy atom. The maximum absolute atomic E-state index is 11.7. The first-order valence-corrected chi connectivity index (χ1v) is 8.94. The highest BCUT2D eigenvalue weighted by atomic mass is 79.9. The number of hydrogen-bond donors (Lipinski definition) is 1. The van der Waals surface area contributed by atoms with E-state index in [-0.39, 0.29) is 5.91 Å². The Morgan fingerprint density at radius 1 is 1.36 bits per heavy atom. The summed E-state index contributed by atoms with van der Waals surface area (Å²) < 4.78 is 0.984. The molecule has 0 saturated carbocycles. The van der Waals surface area contributed by atoms with Gasteiger partial charge in [0.1, 0.15) is 0 Å². The van der Waals surface area contributed by atoms with Crippen molar-refractivity contribution in [1.82, 2.24) is 10.3 Å². The van der Waals surface area contributed by atoms with Crippen LogP contribution in [0.1, 0.15) is 29.1 Å². The van der Waals surface area contributed by atoms with E-state index in [4.69, 9.17) is 0 Å². The van der Waals surface area contributed by atoms with Crippen molar-refractivity contribution in [3.05, 3.63) is 56.5 Å². The van der Waals surface area contributed by atoms with Crippen molar-refractivity contribution >= 4 is 39.2 Å². The molecule has 0 aliphatic heterocycles. The number of hydrogen-bond acceptors (Lipinski definition) is 3. The number of unbranched alkanes of at least 4 members (excludes halogenated alkanes) is 1. The summed E-state index contributed by atoms with van der Waals surface area (Å²) in [4.78, 5) is 16.2. The zero-order valence-corrected chi connectivity index (χ0v) is 14.9. The molecule has 1 heterocycles. The third-order valence-electron chi connectivity index (χ3n) is 3.10. The number of nitrogens with zero attached hydrogens (tertiary/aromatic N) is 1. The minimum Gasteiger partial charge on any atom is -0.353 e. The summed E-state index contributed by atoms with van der Waals surface area (Å²) in [6.45, 7) is 2.71. The SMILES string of the molecule is Cc1csc(CCCCNC(=O)/C=C/c2ccccc2Br)n1. The Labute approximate surface area is 143 Å². The van der Waals surface area contributed by atoms with Gasteiger partial charge in [-0.1, -0.05) is 34.1 Å². The average Bonchev–Trinajstić information content (AvgIpc) is 2.91. The van der Waals surface area contributed by atoms with Crippen LogP contribution in [0.2, 0.25) is 0 Å². The molecule has 22 heavy (non-hydrogen) atoms. The Kier molecular flexibility index (Phi) is 6.80. The largest absolute Gasteiger partial charge is 0.353 e. The lowest BCUT2D eigenvalue weighted by Gasteiger charge is -2.02. The van der Waals surface area contributed by atoms with E-state index in [2.05, 4.69) is 31.6 Å². The molecule has 0 bridgehead atoms. The molecule has 2 rings (SSSR count). The second-order valence-corrected chi connectivity index (χ2v) is 6.78. The molecule has 0 radical (unpaired) electrons. The zero-order valence-electron chi connectivity index (χ0n) is 12.5. The number of aromatic nitrogens is 1. The molecule has 0 aliphatic carbocycles. The van der Waals surface area contributed by atoms with Crippen molar-refractivity contribution in [3.8, 4) is 0 Å². The fourth-order valence-electron chi connectivity index (χ4n) is 1.96. The van der Waals surface area contributed by atoms with Crippen LogP contribution in [0.15, 0.2) is 40.2 Å². The van der Waals surface area contributed by atoms with Gasteiger partial charge in [-0.2, -0.15) is 0 Å². The summed E-state index contributed by atoms with van der Waals surface area (Å²) in [6, 6.07) is 7.82. The van der Waals surface area contributed by atoms with E-state index in [0.717, 1.165) is 35.0 Å². The Balaban J connectivity index is 1.64. The highest BCUT2D eigenvalue weighted by Gasteiger charge is 2.00.